The topological polar surface area (TPSA) is 23.5 Å². The molecule has 1 N–H and O–H groups in total. The summed E-state index contributed by atoms with van der Waals surface area (Å²) in [5, 5.41) is 9.02. The van der Waals surface area contributed by atoms with Crippen LogP contribution < -0.4 is 4.90 Å². The van der Waals surface area contributed by atoms with E-state index in [1.807, 2.05) is 12.1 Å². The summed E-state index contributed by atoms with van der Waals surface area (Å²) < 4.78 is 0. The normalized spacial score (nSPS) is 15.1. The van der Waals surface area contributed by atoms with Crippen LogP contribution in [0.5, 0.6) is 0 Å². The van der Waals surface area contributed by atoms with Gasteiger partial charge in [0.05, 0.1) is 6.61 Å². The van der Waals surface area contributed by atoms with E-state index in [4.69, 9.17) is 5.11 Å². The Morgan fingerprint density at radius 2 is 1.94 bits per heavy atom. The minimum Gasteiger partial charge on any atom is -0.392 e. The van der Waals surface area contributed by atoms with Gasteiger partial charge in [-0.05, 0) is 37.0 Å². The molecule has 2 heteroatoms. The minimum atomic E-state index is 0.138. The fourth-order valence-corrected chi connectivity index (χ4v) is 2.03. The van der Waals surface area contributed by atoms with E-state index in [-0.39, 0.29) is 6.61 Å². The van der Waals surface area contributed by atoms with Crippen molar-refractivity contribution in [2.75, 3.05) is 11.4 Å². The highest BCUT2D eigenvalue weighted by atomic mass is 16.3. The van der Waals surface area contributed by atoms with Crippen molar-refractivity contribution in [3.8, 4) is 0 Å². The molecule has 1 aromatic rings. The third-order valence-corrected chi connectivity index (χ3v) is 3.19. The van der Waals surface area contributed by atoms with Crippen LogP contribution in [0.15, 0.2) is 24.3 Å². The average Bonchev–Trinajstić information content (AvgIpc) is 3.15. The Balaban J connectivity index is 2.05. The molecule has 1 saturated carbocycles. The first-order valence-electron chi connectivity index (χ1n) is 6.31. The first-order valence-corrected chi connectivity index (χ1v) is 6.31. The maximum atomic E-state index is 9.02. The van der Waals surface area contributed by atoms with Crippen LogP contribution in [0, 0.1) is 0 Å². The molecule has 0 aromatic heterocycles. The summed E-state index contributed by atoms with van der Waals surface area (Å²) in [6.45, 7) is 3.54. The van der Waals surface area contributed by atoms with Gasteiger partial charge in [-0.3, -0.25) is 0 Å². The molecule has 0 aliphatic heterocycles. The second-order valence-corrected chi connectivity index (χ2v) is 4.60. The second-order valence-electron chi connectivity index (χ2n) is 4.60. The van der Waals surface area contributed by atoms with E-state index in [9.17, 15) is 0 Å². The fraction of sp³-hybridized carbons (Fsp3) is 0.571. The number of rotatable bonds is 6. The summed E-state index contributed by atoms with van der Waals surface area (Å²) in [5.41, 5.74) is 2.31. The van der Waals surface area contributed by atoms with Gasteiger partial charge in [0.2, 0.25) is 0 Å². The molecule has 1 aromatic carbocycles. The van der Waals surface area contributed by atoms with Gasteiger partial charge in [0.1, 0.15) is 0 Å². The van der Waals surface area contributed by atoms with Crippen LogP contribution in [0.4, 0.5) is 5.69 Å². The van der Waals surface area contributed by atoms with Gasteiger partial charge in [-0.2, -0.15) is 0 Å². The molecule has 88 valence electrons. The van der Waals surface area contributed by atoms with E-state index in [0.717, 1.165) is 11.6 Å². The Kier molecular flexibility index (Phi) is 3.83. The molecule has 1 aliphatic carbocycles. The highest BCUT2D eigenvalue weighted by Crippen LogP contribution is 2.31. The number of aliphatic hydroxyl groups excluding tert-OH is 1. The monoisotopic (exact) mass is 219 g/mol. The summed E-state index contributed by atoms with van der Waals surface area (Å²) in [6, 6.07) is 9.10. The van der Waals surface area contributed by atoms with Crippen molar-refractivity contribution >= 4 is 5.69 Å². The standard InChI is InChI=1S/C14H21NO/c1-2-3-10-15(14-8-9-14)13-6-4-12(11-16)5-7-13/h4-7,14,16H,2-3,8-11H2,1H3. The third-order valence-electron chi connectivity index (χ3n) is 3.19. The Hall–Kier alpha value is -1.02. The smallest absolute Gasteiger partial charge is 0.0681 e. The van der Waals surface area contributed by atoms with E-state index in [1.54, 1.807) is 0 Å². The maximum Gasteiger partial charge on any atom is 0.0681 e. The number of benzene rings is 1. The zero-order chi connectivity index (χ0) is 11.4. The van der Waals surface area contributed by atoms with E-state index in [1.165, 1.54) is 37.9 Å². The van der Waals surface area contributed by atoms with Crippen LogP contribution in [0.3, 0.4) is 0 Å². The molecule has 0 heterocycles. The van der Waals surface area contributed by atoms with Crippen molar-refractivity contribution in [1.29, 1.82) is 0 Å². The van der Waals surface area contributed by atoms with E-state index in [0.29, 0.717) is 0 Å². The molecule has 16 heavy (non-hydrogen) atoms. The molecule has 0 saturated heterocycles. The zero-order valence-electron chi connectivity index (χ0n) is 10.0. The lowest BCUT2D eigenvalue weighted by Crippen LogP contribution is -2.26. The number of hydrogen-bond acceptors (Lipinski definition) is 2. The highest BCUT2D eigenvalue weighted by molar-refractivity contribution is 5.49. The lowest BCUT2D eigenvalue weighted by Gasteiger charge is -2.24. The molecule has 1 aliphatic rings. The SMILES string of the molecule is CCCCN(c1ccc(CO)cc1)C1CC1. The minimum absolute atomic E-state index is 0.138. The van der Waals surface area contributed by atoms with Crippen LogP contribution in [0.25, 0.3) is 0 Å². The van der Waals surface area contributed by atoms with Crippen molar-refractivity contribution < 1.29 is 5.11 Å². The molecule has 0 bridgehead atoms. The van der Waals surface area contributed by atoms with Gasteiger partial charge in [-0.1, -0.05) is 25.5 Å². The Bertz CT molecular complexity index is 316. The van der Waals surface area contributed by atoms with E-state index in [2.05, 4.69) is 24.0 Å². The van der Waals surface area contributed by atoms with Gasteiger partial charge in [0.25, 0.3) is 0 Å². The van der Waals surface area contributed by atoms with Crippen LogP contribution >= 0.6 is 0 Å². The molecule has 0 amide bonds. The van der Waals surface area contributed by atoms with Gasteiger partial charge >= 0.3 is 0 Å². The van der Waals surface area contributed by atoms with Gasteiger partial charge in [0.15, 0.2) is 0 Å². The predicted octanol–water partition coefficient (Wildman–Crippen LogP) is 2.95. The number of unbranched alkanes of at least 4 members (excludes halogenated alkanes) is 1. The fourth-order valence-electron chi connectivity index (χ4n) is 2.03. The van der Waals surface area contributed by atoms with Crippen molar-refractivity contribution in [2.45, 2.75) is 45.3 Å². The third kappa shape index (κ3) is 2.76. The molecule has 2 nitrogen and oxygen atoms in total. The van der Waals surface area contributed by atoms with Gasteiger partial charge in [-0.25, -0.2) is 0 Å². The van der Waals surface area contributed by atoms with E-state index < -0.39 is 0 Å². The lowest BCUT2D eigenvalue weighted by atomic mass is 10.2. The van der Waals surface area contributed by atoms with E-state index >= 15 is 0 Å². The number of nitrogens with zero attached hydrogens (tertiary/aromatic N) is 1. The van der Waals surface area contributed by atoms with Crippen molar-refractivity contribution in [1.82, 2.24) is 0 Å². The summed E-state index contributed by atoms with van der Waals surface area (Å²) in [6.07, 6.45) is 5.19. The Morgan fingerprint density at radius 3 is 2.44 bits per heavy atom. The molecular weight excluding hydrogens is 198 g/mol. The average molecular weight is 219 g/mol. The number of aliphatic hydroxyl groups is 1. The molecule has 1 fully saturated rings. The molecular formula is C14H21NO. The Morgan fingerprint density at radius 1 is 1.25 bits per heavy atom. The first-order chi connectivity index (χ1) is 7.85. The Labute approximate surface area is 97.9 Å². The van der Waals surface area contributed by atoms with Crippen LogP contribution in [-0.2, 0) is 6.61 Å². The number of anilines is 1. The summed E-state index contributed by atoms with van der Waals surface area (Å²) in [7, 11) is 0. The highest BCUT2D eigenvalue weighted by Gasteiger charge is 2.28. The molecule has 0 spiro atoms. The molecule has 0 atom stereocenters. The maximum absolute atomic E-state index is 9.02. The second kappa shape index (κ2) is 5.35. The van der Waals surface area contributed by atoms with Crippen molar-refractivity contribution in [2.24, 2.45) is 0 Å². The lowest BCUT2D eigenvalue weighted by molar-refractivity contribution is 0.282. The van der Waals surface area contributed by atoms with Crippen LogP contribution in [0.1, 0.15) is 38.2 Å². The molecule has 0 radical (unpaired) electrons. The largest absolute Gasteiger partial charge is 0.392 e. The predicted molar refractivity (Wildman–Crippen MR) is 67.6 cm³/mol. The van der Waals surface area contributed by atoms with Crippen LogP contribution in [-0.4, -0.2) is 17.7 Å². The number of hydrogen-bond donors (Lipinski definition) is 1. The first kappa shape index (κ1) is 11.5. The van der Waals surface area contributed by atoms with Crippen LogP contribution in [0.2, 0.25) is 0 Å². The molecule has 2 rings (SSSR count). The van der Waals surface area contributed by atoms with Gasteiger partial charge in [-0.15, -0.1) is 0 Å². The summed E-state index contributed by atoms with van der Waals surface area (Å²) in [5.74, 6) is 0. The quantitative estimate of drug-likeness (QED) is 0.795. The van der Waals surface area contributed by atoms with Crippen molar-refractivity contribution in [3.63, 3.8) is 0 Å². The van der Waals surface area contributed by atoms with Gasteiger partial charge in [0, 0.05) is 18.3 Å². The summed E-state index contributed by atoms with van der Waals surface area (Å²) in [4.78, 5) is 2.52. The summed E-state index contributed by atoms with van der Waals surface area (Å²) >= 11 is 0. The van der Waals surface area contributed by atoms with Crippen molar-refractivity contribution in [3.05, 3.63) is 29.8 Å². The molecule has 0 unspecified atom stereocenters. The zero-order valence-corrected chi connectivity index (χ0v) is 10.0. The van der Waals surface area contributed by atoms with Gasteiger partial charge < -0.3 is 10.0 Å².